The zero-order valence-electron chi connectivity index (χ0n) is 10.5. The van der Waals surface area contributed by atoms with E-state index in [1.165, 1.54) is 13.2 Å². The number of methoxy groups -OCH3 is 1. The van der Waals surface area contributed by atoms with Gasteiger partial charge in [-0.25, -0.2) is 9.89 Å². The van der Waals surface area contributed by atoms with Crippen molar-refractivity contribution in [1.29, 1.82) is 0 Å². The van der Waals surface area contributed by atoms with Gasteiger partial charge in [-0.3, -0.25) is 4.79 Å². The highest BCUT2D eigenvalue weighted by molar-refractivity contribution is 5.89. The summed E-state index contributed by atoms with van der Waals surface area (Å²) in [6.07, 6.45) is 0. The van der Waals surface area contributed by atoms with Crippen molar-refractivity contribution in [2.24, 2.45) is 0 Å². The summed E-state index contributed by atoms with van der Waals surface area (Å²) in [5.74, 6) is 0.172. The van der Waals surface area contributed by atoms with Gasteiger partial charge >= 0.3 is 11.5 Å². The number of hydrogen-bond acceptors (Lipinski definition) is 5. The second-order valence-electron chi connectivity index (χ2n) is 3.82. The Bertz CT molecular complexity index is 646. The molecule has 0 unspecified atom stereocenters. The van der Waals surface area contributed by atoms with Crippen molar-refractivity contribution in [1.82, 2.24) is 10.2 Å². The van der Waals surface area contributed by atoms with Gasteiger partial charge in [-0.15, -0.1) is 0 Å². The van der Waals surface area contributed by atoms with E-state index in [2.05, 4.69) is 14.9 Å². The first-order valence-electron chi connectivity index (χ1n) is 5.52. The number of carbonyl (C=O) groups is 1. The zero-order chi connectivity index (χ0) is 13.8. The molecule has 1 N–H and O–H groups in total. The Hall–Kier alpha value is -2.63. The van der Waals surface area contributed by atoms with Crippen LogP contribution in [-0.4, -0.2) is 23.3 Å². The van der Waals surface area contributed by atoms with E-state index < -0.39 is 11.5 Å². The van der Waals surface area contributed by atoms with E-state index in [1.807, 2.05) is 0 Å². The minimum Gasteiger partial charge on any atom is -0.465 e. The van der Waals surface area contributed by atoms with Crippen LogP contribution in [0.4, 0.5) is 0 Å². The molecule has 0 atom stereocenters. The Morgan fingerprint density at radius 1 is 1.26 bits per heavy atom. The van der Waals surface area contributed by atoms with Gasteiger partial charge < -0.3 is 9.47 Å². The average Bonchev–Trinajstić information content (AvgIpc) is 2.43. The lowest BCUT2D eigenvalue weighted by Gasteiger charge is -2.05. The molecule has 0 amide bonds. The van der Waals surface area contributed by atoms with Gasteiger partial charge in [-0.2, -0.15) is 5.10 Å². The number of aryl methyl sites for hydroxylation is 1. The molecule has 0 fully saturated rings. The van der Waals surface area contributed by atoms with E-state index in [1.54, 1.807) is 31.2 Å². The van der Waals surface area contributed by atoms with Crippen LogP contribution in [0.5, 0.6) is 11.5 Å². The molecule has 1 aromatic heterocycles. The third-order valence-corrected chi connectivity index (χ3v) is 2.40. The summed E-state index contributed by atoms with van der Waals surface area (Å²) < 4.78 is 10.0. The number of carbonyl (C=O) groups excluding carboxylic acids is 1. The van der Waals surface area contributed by atoms with Gasteiger partial charge in [-0.1, -0.05) is 0 Å². The SMILES string of the molecule is COC(=O)c1ccc(Oc2cc(C)n[nH]c2=O)cc1. The van der Waals surface area contributed by atoms with E-state index in [9.17, 15) is 9.59 Å². The topological polar surface area (TPSA) is 81.3 Å². The number of benzene rings is 1. The minimum atomic E-state index is -0.427. The Morgan fingerprint density at radius 2 is 1.95 bits per heavy atom. The normalized spacial score (nSPS) is 10.0. The number of esters is 1. The van der Waals surface area contributed by atoms with Crippen molar-refractivity contribution in [3.63, 3.8) is 0 Å². The maximum Gasteiger partial charge on any atom is 0.337 e. The second-order valence-corrected chi connectivity index (χ2v) is 3.82. The van der Waals surface area contributed by atoms with Crippen LogP contribution in [0, 0.1) is 6.92 Å². The highest BCUT2D eigenvalue weighted by atomic mass is 16.5. The zero-order valence-corrected chi connectivity index (χ0v) is 10.5. The Balaban J connectivity index is 2.22. The van der Waals surface area contributed by atoms with Crippen molar-refractivity contribution in [3.8, 4) is 11.5 Å². The standard InChI is InChI=1S/C13H12N2O4/c1-8-7-11(12(16)15-14-8)19-10-5-3-9(4-6-10)13(17)18-2/h3-7H,1-2H3,(H,15,16). The summed E-state index contributed by atoms with van der Waals surface area (Å²) in [6.45, 7) is 1.74. The molecule has 1 heterocycles. The summed E-state index contributed by atoms with van der Waals surface area (Å²) in [5, 5.41) is 6.07. The van der Waals surface area contributed by atoms with Gasteiger partial charge in [0.05, 0.1) is 18.4 Å². The first kappa shape index (κ1) is 12.8. The van der Waals surface area contributed by atoms with Gasteiger partial charge in [-0.05, 0) is 31.2 Å². The van der Waals surface area contributed by atoms with Crippen LogP contribution in [0.3, 0.4) is 0 Å². The molecule has 19 heavy (non-hydrogen) atoms. The third kappa shape index (κ3) is 2.98. The number of nitrogens with zero attached hydrogens (tertiary/aromatic N) is 1. The molecule has 0 aliphatic carbocycles. The Labute approximate surface area is 109 Å². The number of ether oxygens (including phenoxy) is 2. The predicted octanol–water partition coefficient (Wildman–Crippen LogP) is 1.66. The van der Waals surface area contributed by atoms with Crippen molar-refractivity contribution in [2.45, 2.75) is 6.92 Å². The first-order chi connectivity index (χ1) is 9.10. The van der Waals surface area contributed by atoms with E-state index in [-0.39, 0.29) is 5.75 Å². The number of nitrogens with one attached hydrogen (secondary N) is 1. The number of H-pyrrole nitrogens is 1. The van der Waals surface area contributed by atoms with Crippen LogP contribution in [0.25, 0.3) is 0 Å². The molecular weight excluding hydrogens is 248 g/mol. The van der Waals surface area contributed by atoms with Gasteiger partial charge in [0.25, 0.3) is 0 Å². The molecule has 0 saturated carbocycles. The highest BCUT2D eigenvalue weighted by Crippen LogP contribution is 2.18. The molecule has 2 rings (SSSR count). The second kappa shape index (κ2) is 5.34. The van der Waals surface area contributed by atoms with Crippen molar-refractivity contribution in [2.75, 3.05) is 7.11 Å². The number of aromatic nitrogens is 2. The highest BCUT2D eigenvalue weighted by Gasteiger charge is 2.07. The smallest absolute Gasteiger partial charge is 0.337 e. The summed E-state index contributed by atoms with van der Waals surface area (Å²) in [7, 11) is 1.31. The maximum atomic E-state index is 11.5. The Morgan fingerprint density at radius 3 is 2.58 bits per heavy atom. The molecule has 1 aromatic carbocycles. The summed E-state index contributed by atoms with van der Waals surface area (Å²) in [6, 6.07) is 7.82. The molecule has 0 aliphatic rings. The van der Waals surface area contributed by atoms with Crippen LogP contribution >= 0.6 is 0 Å². The van der Waals surface area contributed by atoms with Gasteiger partial charge in [0.2, 0.25) is 0 Å². The molecule has 0 saturated heterocycles. The Kier molecular flexibility index (Phi) is 3.61. The molecule has 6 nitrogen and oxygen atoms in total. The lowest BCUT2D eigenvalue weighted by Crippen LogP contribution is -2.11. The van der Waals surface area contributed by atoms with Gasteiger partial charge in [0, 0.05) is 6.07 Å². The van der Waals surface area contributed by atoms with E-state index in [4.69, 9.17) is 4.74 Å². The largest absolute Gasteiger partial charge is 0.465 e. The minimum absolute atomic E-state index is 0.151. The van der Waals surface area contributed by atoms with Crippen LogP contribution in [0.15, 0.2) is 35.1 Å². The molecule has 0 radical (unpaired) electrons. The molecule has 0 bridgehead atoms. The fourth-order valence-corrected chi connectivity index (χ4v) is 1.46. The van der Waals surface area contributed by atoms with Crippen molar-refractivity contribution >= 4 is 5.97 Å². The summed E-state index contributed by atoms with van der Waals surface area (Å²) in [5.41, 5.74) is 0.637. The van der Waals surface area contributed by atoms with Crippen LogP contribution < -0.4 is 10.3 Å². The van der Waals surface area contributed by atoms with Crippen molar-refractivity contribution in [3.05, 3.63) is 51.9 Å². The summed E-state index contributed by atoms with van der Waals surface area (Å²) in [4.78, 5) is 22.7. The number of hydrogen-bond donors (Lipinski definition) is 1. The first-order valence-corrected chi connectivity index (χ1v) is 5.52. The average molecular weight is 260 g/mol. The number of aromatic amines is 1. The molecule has 98 valence electrons. The fourth-order valence-electron chi connectivity index (χ4n) is 1.46. The summed E-state index contributed by atoms with van der Waals surface area (Å²) >= 11 is 0. The number of rotatable bonds is 3. The maximum absolute atomic E-state index is 11.5. The van der Waals surface area contributed by atoms with Crippen LogP contribution in [0.1, 0.15) is 16.1 Å². The van der Waals surface area contributed by atoms with E-state index in [0.717, 1.165) is 0 Å². The monoisotopic (exact) mass is 260 g/mol. The third-order valence-electron chi connectivity index (χ3n) is 2.40. The lowest BCUT2D eigenvalue weighted by molar-refractivity contribution is 0.0600. The van der Waals surface area contributed by atoms with Gasteiger partial charge in [0.15, 0.2) is 5.75 Å². The molecule has 0 spiro atoms. The van der Waals surface area contributed by atoms with Crippen LogP contribution in [0.2, 0.25) is 0 Å². The van der Waals surface area contributed by atoms with E-state index >= 15 is 0 Å². The molecular formula is C13H12N2O4. The van der Waals surface area contributed by atoms with Gasteiger partial charge in [0.1, 0.15) is 5.75 Å². The molecule has 0 aliphatic heterocycles. The lowest BCUT2D eigenvalue weighted by atomic mass is 10.2. The van der Waals surface area contributed by atoms with Crippen LogP contribution in [-0.2, 0) is 4.74 Å². The molecule has 6 heteroatoms. The van der Waals surface area contributed by atoms with E-state index in [0.29, 0.717) is 17.0 Å². The quantitative estimate of drug-likeness (QED) is 0.849. The van der Waals surface area contributed by atoms with Crippen molar-refractivity contribution < 1.29 is 14.3 Å². The predicted molar refractivity (Wildman–Crippen MR) is 67.5 cm³/mol. The fraction of sp³-hybridized carbons (Fsp3) is 0.154. The molecule has 2 aromatic rings.